The second kappa shape index (κ2) is 5.84. The number of rotatable bonds is 3. The van der Waals surface area contributed by atoms with Gasteiger partial charge in [0.15, 0.2) is 0 Å². The highest BCUT2D eigenvalue weighted by Crippen LogP contribution is 2.30. The summed E-state index contributed by atoms with van der Waals surface area (Å²) in [6.45, 7) is 11.3. The number of nitrogens with zero attached hydrogens (tertiary/aromatic N) is 1. The number of nitrogens with one attached hydrogen (secondary N) is 1. The number of benzene rings is 1. The molecule has 1 saturated heterocycles. The molecule has 1 fully saturated rings. The van der Waals surface area contributed by atoms with Crippen molar-refractivity contribution in [1.82, 2.24) is 5.32 Å². The molecular weight excluding hydrogens is 300 g/mol. The van der Waals surface area contributed by atoms with Gasteiger partial charge in [-0.05, 0) is 50.5 Å². The third kappa shape index (κ3) is 3.14. The molecule has 1 aliphatic rings. The third-order valence-electron chi connectivity index (χ3n) is 4.44. The summed E-state index contributed by atoms with van der Waals surface area (Å²) in [6, 6.07) is 7.22. The third-order valence-corrected chi connectivity index (χ3v) is 4.94. The van der Waals surface area contributed by atoms with E-state index in [0.717, 1.165) is 24.0 Å². The lowest BCUT2D eigenvalue weighted by Gasteiger charge is -2.47. The van der Waals surface area contributed by atoms with E-state index >= 15 is 0 Å². The minimum atomic E-state index is 0.227. The molecule has 0 aliphatic carbocycles. The van der Waals surface area contributed by atoms with Gasteiger partial charge in [-0.25, -0.2) is 0 Å². The number of hydrogen-bond donors (Lipinski definition) is 1. The first-order chi connectivity index (χ1) is 8.99. The lowest BCUT2D eigenvalue weighted by atomic mass is 9.92. The topological polar surface area (TPSA) is 15.3 Å². The first kappa shape index (κ1) is 14.9. The lowest BCUT2D eigenvalue weighted by Crippen LogP contribution is -2.62. The van der Waals surface area contributed by atoms with E-state index in [1.165, 1.54) is 17.7 Å². The van der Waals surface area contributed by atoms with E-state index in [0.29, 0.717) is 6.04 Å². The summed E-state index contributed by atoms with van der Waals surface area (Å²) in [6.07, 6.45) is 2.35. The van der Waals surface area contributed by atoms with Crippen LogP contribution in [0.15, 0.2) is 22.7 Å². The van der Waals surface area contributed by atoms with Gasteiger partial charge in [0.25, 0.3) is 0 Å². The number of halogens is 1. The van der Waals surface area contributed by atoms with Crippen LogP contribution < -0.4 is 10.2 Å². The fourth-order valence-electron chi connectivity index (χ4n) is 2.86. The average Bonchev–Trinajstić information content (AvgIpc) is 2.39. The monoisotopic (exact) mass is 324 g/mol. The quantitative estimate of drug-likeness (QED) is 0.899. The van der Waals surface area contributed by atoms with Gasteiger partial charge >= 0.3 is 0 Å². The van der Waals surface area contributed by atoms with Gasteiger partial charge in [0.2, 0.25) is 0 Å². The summed E-state index contributed by atoms with van der Waals surface area (Å²) in [5.41, 5.74) is 2.97. The second-order valence-corrected chi connectivity index (χ2v) is 6.83. The van der Waals surface area contributed by atoms with Crippen molar-refractivity contribution in [3.8, 4) is 0 Å². The van der Waals surface area contributed by atoms with Gasteiger partial charge in [0, 0.05) is 34.8 Å². The van der Waals surface area contributed by atoms with Crippen molar-refractivity contribution in [2.75, 3.05) is 18.0 Å². The van der Waals surface area contributed by atoms with Crippen molar-refractivity contribution in [2.24, 2.45) is 0 Å². The van der Waals surface area contributed by atoms with E-state index in [9.17, 15) is 0 Å². The molecule has 1 N–H and O–H groups in total. The molecule has 0 bridgehead atoms. The minimum Gasteiger partial charge on any atom is -0.365 e. The average molecular weight is 325 g/mol. The number of aryl methyl sites for hydroxylation is 1. The maximum atomic E-state index is 3.73. The highest BCUT2D eigenvalue weighted by molar-refractivity contribution is 9.10. The van der Waals surface area contributed by atoms with E-state index in [1.807, 2.05) is 0 Å². The zero-order valence-electron chi connectivity index (χ0n) is 12.5. The maximum Gasteiger partial charge on any atom is 0.0413 e. The van der Waals surface area contributed by atoms with Gasteiger partial charge < -0.3 is 10.2 Å². The Morgan fingerprint density at radius 3 is 2.74 bits per heavy atom. The zero-order chi connectivity index (χ0) is 14.0. The molecule has 106 valence electrons. The van der Waals surface area contributed by atoms with E-state index in [4.69, 9.17) is 0 Å². The lowest BCUT2D eigenvalue weighted by molar-refractivity contribution is 0.276. The van der Waals surface area contributed by atoms with Crippen molar-refractivity contribution in [3.63, 3.8) is 0 Å². The molecule has 0 aromatic heterocycles. The van der Waals surface area contributed by atoms with Gasteiger partial charge in [-0.1, -0.05) is 29.8 Å². The summed E-state index contributed by atoms with van der Waals surface area (Å²) in [7, 11) is 0. The van der Waals surface area contributed by atoms with E-state index in [1.54, 1.807) is 0 Å². The summed E-state index contributed by atoms with van der Waals surface area (Å²) in [5.74, 6) is 0. The van der Waals surface area contributed by atoms with Crippen LogP contribution in [-0.4, -0.2) is 24.7 Å². The Morgan fingerprint density at radius 1 is 1.42 bits per heavy atom. The molecule has 1 aromatic rings. The summed E-state index contributed by atoms with van der Waals surface area (Å²) >= 11 is 3.56. The number of piperazine rings is 1. The van der Waals surface area contributed by atoms with Gasteiger partial charge in [0.05, 0.1) is 0 Å². The molecule has 1 aliphatic heterocycles. The molecule has 2 unspecified atom stereocenters. The van der Waals surface area contributed by atoms with Crippen LogP contribution in [-0.2, 0) is 0 Å². The molecule has 19 heavy (non-hydrogen) atoms. The van der Waals surface area contributed by atoms with E-state index in [2.05, 4.69) is 72.0 Å². The molecule has 0 radical (unpaired) electrons. The van der Waals surface area contributed by atoms with Crippen molar-refractivity contribution < 1.29 is 0 Å². The van der Waals surface area contributed by atoms with Crippen molar-refractivity contribution >= 4 is 21.6 Å². The molecule has 1 aromatic carbocycles. The van der Waals surface area contributed by atoms with Crippen LogP contribution in [0.1, 0.15) is 39.2 Å². The van der Waals surface area contributed by atoms with Gasteiger partial charge in [0.1, 0.15) is 0 Å². The minimum absolute atomic E-state index is 0.227. The zero-order valence-corrected chi connectivity index (χ0v) is 14.0. The Morgan fingerprint density at radius 2 is 2.16 bits per heavy atom. The fourth-order valence-corrected chi connectivity index (χ4v) is 3.34. The largest absolute Gasteiger partial charge is 0.365 e. The summed E-state index contributed by atoms with van der Waals surface area (Å²) in [5, 5.41) is 3.73. The van der Waals surface area contributed by atoms with E-state index < -0.39 is 0 Å². The standard InChI is InChI=1S/C16H25BrN2/c1-5-14-10-18-16(4,6-2)11-19(14)15-8-7-13(17)9-12(15)3/h7-9,14,18H,5-6,10-11H2,1-4H3. The molecule has 2 nitrogen and oxygen atoms in total. The fraction of sp³-hybridized carbons (Fsp3) is 0.625. The molecule has 0 spiro atoms. The smallest absolute Gasteiger partial charge is 0.0413 e. The van der Waals surface area contributed by atoms with Crippen molar-refractivity contribution in [2.45, 2.75) is 52.1 Å². The SMILES string of the molecule is CCC1CNC(C)(CC)CN1c1ccc(Br)cc1C. The molecule has 2 rings (SSSR count). The number of anilines is 1. The van der Waals surface area contributed by atoms with Crippen molar-refractivity contribution in [3.05, 3.63) is 28.2 Å². The van der Waals surface area contributed by atoms with Gasteiger partial charge in [-0.3, -0.25) is 0 Å². The normalized spacial score (nSPS) is 27.6. The van der Waals surface area contributed by atoms with Crippen molar-refractivity contribution in [1.29, 1.82) is 0 Å². The second-order valence-electron chi connectivity index (χ2n) is 5.92. The van der Waals surface area contributed by atoms with Crippen LogP contribution >= 0.6 is 15.9 Å². The highest BCUT2D eigenvalue weighted by atomic mass is 79.9. The van der Waals surface area contributed by atoms with Crippen LogP contribution in [0.5, 0.6) is 0 Å². The van der Waals surface area contributed by atoms with Gasteiger partial charge in [-0.15, -0.1) is 0 Å². The highest BCUT2D eigenvalue weighted by Gasteiger charge is 2.34. The van der Waals surface area contributed by atoms with E-state index in [-0.39, 0.29) is 5.54 Å². The molecule has 0 saturated carbocycles. The first-order valence-corrected chi connectivity index (χ1v) is 8.06. The van der Waals surface area contributed by atoms with Crippen LogP contribution in [0.2, 0.25) is 0 Å². The van der Waals surface area contributed by atoms with Crippen LogP contribution in [0.4, 0.5) is 5.69 Å². The summed E-state index contributed by atoms with van der Waals surface area (Å²) < 4.78 is 1.16. The number of hydrogen-bond acceptors (Lipinski definition) is 2. The maximum absolute atomic E-state index is 3.73. The molecule has 2 atom stereocenters. The Kier molecular flexibility index (Phi) is 4.57. The van der Waals surface area contributed by atoms with Crippen LogP contribution in [0, 0.1) is 6.92 Å². The van der Waals surface area contributed by atoms with Crippen LogP contribution in [0.25, 0.3) is 0 Å². The predicted octanol–water partition coefficient (Wildman–Crippen LogP) is 4.11. The molecule has 1 heterocycles. The molecular formula is C16H25BrN2. The predicted molar refractivity (Wildman–Crippen MR) is 87.0 cm³/mol. The Hall–Kier alpha value is -0.540. The van der Waals surface area contributed by atoms with Crippen LogP contribution in [0.3, 0.4) is 0 Å². The Labute approximate surface area is 125 Å². The Bertz CT molecular complexity index is 446. The van der Waals surface area contributed by atoms with Gasteiger partial charge in [-0.2, -0.15) is 0 Å². The molecule has 0 amide bonds. The summed E-state index contributed by atoms with van der Waals surface area (Å²) in [4.78, 5) is 2.60. The Balaban J connectivity index is 2.32. The first-order valence-electron chi connectivity index (χ1n) is 7.27. The molecule has 3 heteroatoms.